The number of hydrogen-bond donors (Lipinski definition) is 0. The SMILES string of the molecule is CC1CCN(CCCS(=O)[O-])CC1. The topological polar surface area (TPSA) is 43.4 Å². The molecule has 0 amide bonds. The summed E-state index contributed by atoms with van der Waals surface area (Å²) >= 11 is -1.85. The number of nitrogens with zero attached hydrogens (tertiary/aromatic N) is 1. The van der Waals surface area contributed by atoms with Gasteiger partial charge in [-0.1, -0.05) is 18.0 Å². The number of hydrogen-bond acceptors (Lipinski definition) is 3. The largest absolute Gasteiger partial charge is 0.772 e. The highest BCUT2D eigenvalue weighted by Crippen LogP contribution is 2.15. The molecule has 1 fully saturated rings. The Morgan fingerprint density at radius 1 is 1.46 bits per heavy atom. The van der Waals surface area contributed by atoms with E-state index in [0.29, 0.717) is 5.75 Å². The molecule has 0 aromatic heterocycles. The van der Waals surface area contributed by atoms with Gasteiger partial charge in [-0.25, -0.2) is 0 Å². The molecule has 0 spiro atoms. The quantitative estimate of drug-likeness (QED) is 0.641. The van der Waals surface area contributed by atoms with Crippen LogP contribution in [-0.2, 0) is 11.1 Å². The van der Waals surface area contributed by atoms with Crippen molar-refractivity contribution >= 4 is 11.1 Å². The van der Waals surface area contributed by atoms with Crippen LogP contribution < -0.4 is 0 Å². The van der Waals surface area contributed by atoms with Gasteiger partial charge in [0, 0.05) is 5.75 Å². The van der Waals surface area contributed by atoms with Crippen molar-refractivity contribution in [2.24, 2.45) is 5.92 Å². The van der Waals surface area contributed by atoms with E-state index >= 15 is 0 Å². The zero-order chi connectivity index (χ0) is 9.68. The van der Waals surface area contributed by atoms with E-state index in [9.17, 15) is 8.76 Å². The predicted octanol–water partition coefficient (Wildman–Crippen LogP) is 0.987. The van der Waals surface area contributed by atoms with E-state index in [0.717, 1.165) is 32.0 Å². The molecule has 0 bridgehead atoms. The van der Waals surface area contributed by atoms with Crippen molar-refractivity contribution in [3.05, 3.63) is 0 Å². The molecule has 1 unspecified atom stereocenters. The summed E-state index contributed by atoms with van der Waals surface area (Å²) < 4.78 is 20.5. The highest BCUT2D eigenvalue weighted by Gasteiger charge is 2.14. The van der Waals surface area contributed by atoms with Gasteiger partial charge in [0.1, 0.15) is 0 Å². The summed E-state index contributed by atoms with van der Waals surface area (Å²) in [6, 6.07) is 0. The smallest absolute Gasteiger partial charge is 0.0114 e. The molecule has 0 aromatic rings. The second-order valence-corrected chi connectivity index (χ2v) is 4.90. The molecule has 3 nitrogen and oxygen atoms in total. The van der Waals surface area contributed by atoms with Crippen LogP contribution in [0.5, 0.6) is 0 Å². The van der Waals surface area contributed by atoms with Gasteiger partial charge in [-0.3, -0.25) is 4.21 Å². The Labute approximate surface area is 82.8 Å². The maximum Gasteiger partial charge on any atom is 0.0114 e. The Bertz CT molecular complexity index is 167. The van der Waals surface area contributed by atoms with Crippen molar-refractivity contribution in [2.45, 2.75) is 26.2 Å². The first kappa shape index (κ1) is 11.1. The Morgan fingerprint density at radius 3 is 2.62 bits per heavy atom. The normalized spacial score (nSPS) is 23.2. The number of rotatable bonds is 4. The average molecular weight is 204 g/mol. The highest BCUT2D eigenvalue weighted by molar-refractivity contribution is 7.79. The fourth-order valence-electron chi connectivity index (χ4n) is 1.69. The third kappa shape index (κ3) is 4.74. The number of likely N-dealkylation sites (tertiary alicyclic amines) is 1. The molecule has 1 heterocycles. The van der Waals surface area contributed by atoms with E-state index in [-0.39, 0.29) is 0 Å². The first-order valence-corrected chi connectivity index (χ1v) is 6.21. The van der Waals surface area contributed by atoms with Crippen molar-refractivity contribution < 1.29 is 8.76 Å². The van der Waals surface area contributed by atoms with Gasteiger partial charge >= 0.3 is 0 Å². The lowest BCUT2D eigenvalue weighted by Crippen LogP contribution is -2.34. The molecule has 1 atom stereocenters. The summed E-state index contributed by atoms with van der Waals surface area (Å²) in [5, 5.41) is 0. The predicted molar refractivity (Wildman–Crippen MR) is 53.2 cm³/mol. The van der Waals surface area contributed by atoms with Gasteiger partial charge in [0.05, 0.1) is 0 Å². The zero-order valence-electron chi connectivity index (χ0n) is 8.20. The van der Waals surface area contributed by atoms with Crippen LogP contribution in [0.2, 0.25) is 0 Å². The van der Waals surface area contributed by atoms with Crippen molar-refractivity contribution in [3.8, 4) is 0 Å². The van der Waals surface area contributed by atoms with Gasteiger partial charge in [-0.2, -0.15) is 0 Å². The lowest BCUT2D eigenvalue weighted by molar-refractivity contribution is 0.193. The maximum atomic E-state index is 10.3. The minimum Gasteiger partial charge on any atom is -0.772 e. The maximum absolute atomic E-state index is 10.3. The molecule has 0 aromatic carbocycles. The minimum atomic E-state index is -1.85. The molecular formula is C9H18NO2S-. The summed E-state index contributed by atoms with van der Waals surface area (Å²) in [6.07, 6.45) is 3.31. The summed E-state index contributed by atoms with van der Waals surface area (Å²) in [6.45, 7) is 5.52. The van der Waals surface area contributed by atoms with E-state index in [2.05, 4.69) is 11.8 Å². The van der Waals surface area contributed by atoms with Crippen LogP contribution in [0.1, 0.15) is 26.2 Å². The molecule has 0 radical (unpaired) electrons. The third-order valence-corrected chi connectivity index (χ3v) is 3.28. The van der Waals surface area contributed by atoms with Crippen molar-refractivity contribution in [1.29, 1.82) is 0 Å². The first-order chi connectivity index (χ1) is 6.18. The van der Waals surface area contributed by atoms with E-state index in [4.69, 9.17) is 0 Å². The molecular weight excluding hydrogens is 186 g/mol. The highest BCUT2D eigenvalue weighted by atomic mass is 32.2. The molecule has 1 rings (SSSR count). The van der Waals surface area contributed by atoms with E-state index in [1.165, 1.54) is 12.8 Å². The second-order valence-electron chi connectivity index (χ2n) is 3.89. The molecule has 13 heavy (non-hydrogen) atoms. The Kier molecular flexibility index (Phi) is 4.91. The Balaban J connectivity index is 2.05. The molecule has 1 aliphatic rings. The molecule has 1 saturated heterocycles. The van der Waals surface area contributed by atoms with E-state index in [1.807, 2.05) is 0 Å². The van der Waals surface area contributed by atoms with E-state index in [1.54, 1.807) is 0 Å². The van der Waals surface area contributed by atoms with Gasteiger partial charge in [-0.15, -0.1) is 0 Å². The summed E-state index contributed by atoms with van der Waals surface area (Å²) in [4.78, 5) is 2.37. The van der Waals surface area contributed by atoms with Crippen LogP contribution in [0.4, 0.5) is 0 Å². The molecule has 1 aliphatic heterocycles. The van der Waals surface area contributed by atoms with Crippen molar-refractivity contribution in [2.75, 3.05) is 25.4 Å². The first-order valence-electron chi connectivity index (χ1n) is 4.96. The third-order valence-electron chi connectivity index (χ3n) is 2.66. The average Bonchev–Trinajstić information content (AvgIpc) is 2.08. The molecule has 4 heteroatoms. The molecule has 0 N–H and O–H groups in total. The Hall–Kier alpha value is 0.0700. The monoisotopic (exact) mass is 204 g/mol. The van der Waals surface area contributed by atoms with Gasteiger partial charge < -0.3 is 9.45 Å². The zero-order valence-corrected chi connectivity index (χ0v) is 9.02. The van der Waals surface area contributed by atoms with Gasteiger partial charge in [0.15, 0.2) is 0 Å². The molecule has 0 saturated carbocycles. The fraction of sp³-hybridized carbons (Fsp3) is 1.00. The van der Waals surface area contributed by atoms with Crippen molar-refractivity contribution in [3.63, 3.8) is 0 Å². The van der Waals surface area contributed by atoms with Crippen LogP contribution in [0.15, 0.2) is 0 Å². The van der Waals surface area contributed by atoms with Crippen molar-refractivity contribution in [1.82, 2.24) is 4.90 Å². The lowest BCUT2D eigenvalue weighted by atomic mass is 9.99. The van der Waals surface area contributed by atoms with Crippen LogP contribution in [0.25, 0.3) is 0 Å². The minimum absolute atomic E-state index is 0.312. The fourth-order valence-corrected chi connectivity index (χ4v) is 2.06. The van der Waals surface area contributed by atoms with Crippen LogP contribution >= 0.6 is 0 Å². The lowest BCUT2D eigenvalue weighted by Gasteiger charge is -2.30. The van der Waals surface area contributed by atoms with Crippen LogP contribution in [-0.4, -0.2) is 39.0 Å². The Morgan fingerprint density at radius 2 is 2.08 bits per heavy atom. The van der Waals surface area contributed by atoms with E-state index < -0.39 is 11.1 Å². The van der Waals surface area contributed by atoms with Gasteiger partial charge in [-0.05, 0) is 44.8 Å². The summed E-state index contributed by atoms with van der Waals surface area (Å²) in [5.41, 5.74) is 0. The van der Waals surface area contributed by atoms with Gasteiger partial charge in [0.25, 0.3) is 0 Å². The summed E-state index contributed by atoms with van der Waals surface area (Å²) in [7, 11) is 0. The van der Waals surface area contributed by atoms with Crippen LogP contribution in [0, 0.1) is 5.92 Å². The van der Waals surface area contributed by atoms with Crippen LogP contribution in [0.3, 0.4) is 0 Å². The standard InChI is InChI=1S/C9H19NO2S/c1-9-3-6-10(7-4-9)5-2-8-13(11)12/h9H,2-8H2,1H3,(H,11,12)/p-1. The molecule has 78 valence electrons. The summed E-state index contributed by atoms with van der Waals surface area (Å²) in [5.74, 6) is 1.16. The van der Waals surface area contributed by atoms with Gasteiger partial charge in [0.2, 0.25) is 0 Å². The molecule has 0 aliphatic carbocycles. The second kappa shape index (κ2) is 5.73. The number of piperidine rings is 1.